The maximum absolute atomic E-state index is 13.9. The molecule has 3 aromatic carbocycles. The van der Waals surface area contributed by atoms with Gasteiger partial charge in [-0.05, 0) is 47.9 Å². The Labute approximate surface area is 212 Å². The Bertz CT molecular complexity index is 1440. The van der Waals surface area contributed by atoms with Crippen LogP contribution in [0.15, 0.2) is 66.7 Å². The lowest BCUT2D eigenvalue weighted by atomic mass is 9.76. The molecule has 2 saturated heterocycles. The van der Waals surface area contributed by atoms with Crippen LogP contribution in [-0.4, -0.2) is 46.0 Å². The first-order valence-corrected chi connectivity index (χ1v) is 12.0. The molecule has 1 spiro atoms. The number of hydrogen-bond donors (Lipinski definition) is 4. The van der Waals surface area contributed by atoms with Crippen molar-refractivity contribution < 1.29 is 29.3 Å². The monoisotopic (exact) mass is 499 g/mol. The number of methoxy groups -OCH3 is 1. The van der Waals surface area contributed by atoms with Crippen molar-refractivity contribution in [1.29, 1.82) is 0 Å². The van der Waals surface area contributed by atoms with Crippen molar-refractivity contribution in [3.05, 3.63) is 83.4 Å². The highest BCUT2D eigenvalue weighted by Crippen LogP contribution is 2.53. The Hall–Kier alpha value is -4.37. The van der Waals surface area contributed by atoms with Crippen molar-refractivity contribution >= 4 is 23.4 Å². The molecule has 4 N–H and O–H groups in total. The second-order valence-corrected chi connectivity index (χ2v) is 9.70. The molecule has 9 heteroatoms. The Morgan fingerprint density at radius 2 is 1.65 bits per heavy atom. The average molecular weight is 500 g/mol. The van der Waals surface area contributed by atoms with E-state index in [-0.39, 0.29) is 36.3 Å². The van der Waals surface area contributed by atoms with Crippen molar-refractivity contribution in [2.24, 2.45) is 11.8 Å². The van der Waals surface area contributed by atoms with E-state index < -0.39 is 29.3 Å². The lowest BCUT2D eigenvalue weighted by Crippen LogP contribution is -2.53. The molecule has 0 radical (unpaired) electrons. The van der Waals surface area contributed by atoms with Gasteiger partial charge in [-0.25, -0.2) is 0 Å². The number of imide groups is 1. The van der Waals surface area contributed by atoms with Gasteiger partial charge < -0.3 is 20.3 Å². The summed E-state index contributed by atoms with van der Waals surface area (Å²) in [5, 5.41) is 26.0. The van der Waals surface area contributed by atoms with E-state index in [9.17, 15) is 24.6 Å². The average Bonchev–Trinajstić information content (AvgIpc) is 3.47. The highest BCUT2D eigenvalue weighted by atomic mass is 16.5. The standard InChI is InChI=1S/C28H25N3O6/c1-37-17-9-6-15(7-10-17)14-31-25(34)23-20(12-16-8-11-21(32)22(33)13-16)30-28(24(23)26(31)35)18-4-2-3-5-19(18)29-27(28)36/h2-11,13,20,23-24,30,32-33H,12,14H2,1H3,(H,29,36)/t20-,23-,24-,28+/m0/s1. The van der Waals surface area contributed by atoms with Gasteiger partial charge in [0.15, 0.2) is 11.5 Å². The molecule has 37 heavy (non-hydrogen) atoms. The maximum atomic E-state index is 13.9. The lowest BCUT2D eigenvalue weighted by molar-refractivity contribution is -0.143. The molecule has 3 amide bonds. The summed E-state index contributed by atoms with van der Waals surface area (Å²) in [6.07, 6.45) is 0.265. The van der Waals surface area contributed by atoms with Crippen molar-refractivity contribution in [3.8, 4) is 17.2 Å². The number of phenols is 2. The third-order valence-corrected chi connectivity index (χ3v) is 7.71. The predicted octanol–water partition coefficient (Wildman–Crippen LogP) is 2.27. The zero-order chi connectivity index (χ0) is 25.9. The van der Waals surface area contributed by atoms with Gasteiger partial charge in [0, 0.05) is 17.3 Å². The van der Waals surface area contributed by atoms with Crippen LogP contribution in [-0.2, 0) is 32.9 Å². The van der Waals surface area contributed by atoms with E-state index in [4.69, 9.17) is 4.74 Å². The van der Waals surface area contributed by atoms with Gasteiger partial charge in [-0.15, -0.1) is 0 Å². The molecule has 4 atom stereocenters. The summed E-state index contributed by atoms with van der Waals surface area (Å²) in [6, 6.07) is 18.2. The summed E-state index contributed by atoms with van der Waals surface area (Å²) in [5.74, 6) is -2.70. The molecule has 0 bridgehead atoms. The number of rotatable bonds is 5. The zero-order valence-corrected chi connectivity index (χ0v) is 20.0. The van der Waals surface area contributed by atoms with E-state index in [1.807, 2.05) is 0 Å². The van der Waals surface area contributed by atoms with Crippen LogP contribution < -0.4 is 15.4 Å². The second-order valence-electron chi connectivity index (χ2n) is 9.70. The largest absolute Gasteiger partial charge is 0.504 e. The van der Waals surface area contributed by atoms with Crippen LogP contribution in [0.3, 0.4) is 0 Å². The van der Waals surface area contributed by atoms with Gasteiger partial charge in [0.25, 0.3) is 0 Å². The first kappa shape index (κ1) is 23.1. The smallest absolute Gasteiger partial charge is 0.250 e. The number of nitrogens with one attached hydrogen (secondary N) is 2. The van der Waals surface area contributed by atoms with Gasteiger partial charge in [-0.2, -0.15) is 0 Å². The first-order valence-electron chi connectivity index (χ1n) is 12.0. The van der Waals surface area contributed by atoms with Gasteiger partial charge in [-0.3, -0.25) is 24.6 Å². The van der Waals surface area contributed by atoms with Crippen molar-refractivity contribution in [3.63, 3.8) is 0 Å². The highest BCUT2D eigenvalue weighted by Gasteiger charge is 2.70. The molecular weight excluding hydrogens is 474 g/mol. The number of ether oxygens (including phenoxy) is 1. The van der Waals surface area contributed by atoms with Crippen molar-refractivity contribution in [2.75, 3.05) is 12.4 Å². The van der Waals surface area contributed by atoms with Crippen LogP contribution in [0.5, 0.6) is 17.2 Å². The summed E-state index contributed by atoms with van der Waals surface area (Å²) < 4.78 is 5.20. The third-order valence-electron chi connectivity index (χ3n) is 7.71. The third kappa shape index (κ3) is 3.38. The normalized spacial score (nSPS) is 25.9. The molecule has 0 saturated carbocycles. The number of carbonyl (C=O) groups excluding carboxylic acids is 3. The number of benzene rings is 3. The van der Waals surface area contributed by atoms with Crippen LogP contribution in [0.4, 0.5) is 5.69 Å². The fourth-order valence-corrected chi connectivity index (χ4v) is 6.01. The number of nitrogens with zero attached hydrogens (tertiary/aromatic N) is 1. The van der Waals surface area contributed by atoms with Gasteiger partial charge in [0.1, 0.15) is 11.3 Å². The molecule has 6 rings (SSSR count). The summed E-state index contributed by atoms with van der Waals surface area (Å²) in [6.45, 7) is 0.0841. The van der Waals surface area contributed by atoms with Crippen LogP contribution in [0.1, 0.15) is 16.7 Å². The topological polar surface area (TPSA) is 128 Å². The second kappa shape index (κ2) is 8.35. The number of anilines is 1. The minimum atomic E-state index is -1.40. The Balaban J connectivity index is 1.41. The maximum Gasteiger partial charge on any atom is 0.250 e. The van der Waals surface area contributed by atoms with E-state index in [1.165, 1.54) is 17.0 Å². The van der Waals surface area contributed by atoms with Crippen LogP contribution in [0, 0.1) is 11.8 Å². The van der Waals surface area contributed by atoms with Gasteiger partial charge >= 0.3 is 0 Å². The summed E-state index contributed by atoms with van der Waals surface area (Å²) >= 11 is 0. The number of phenolic OH excluding ortho intramolecular Hbond substituents is 2. The SMILES string of the molecule is COc1ccc(CN2C(=O)[C@H]3[C@H](Cc4ccc(O)c(O)c4)N[C@@]4(C(=O)Nc5ccccc54)[C@@H]3C2=O)cc1. The molecule has 9 nitrogen and oxygen atoms in total. The summed E-state index contributed by atoms with van der Waals surface area (Å²) in [7, 11) is 1.56. The number of fused-ring (bicyclic) bond motifs is 4. The van der Waals surface area contributed by atoms with Crippen LogP contribution in [0.25, 0.3) is 0 Å². The van der Waals surface area contributed by atoms with E-state index in [0.717, 1.165) is 5.56 Å². The molecule has 2 fully saturated rings. The molecule has 3 aromatic rings. The number of carbonyl (C=O) groups is 3. The van der Waals surface area contributed by atoms with Crippen molar-refractivity contribution in [2.45, 2.75) is 24.5 Å². The molecule has 188 valence electrons. The van der Waals surface area contributed by atoms with E-state index in [1.54, 1.807) is 61.7 Å². The van der Waals surface area contributed by atoms with E-state index in [2.05, 4.69) is 10.6 Å². The van der Waals surface area contributed by atoms with Gasteiger partial charge in [-0.1, -0.05) is 36.4 Å². The van der Waals surface area contributed by atoms with Crippen LogP contribution in [0.2, 0.25) is 0 Å². The summed E-state index contributed by atoms with van der Waals surface area (Å²) in [4.78, 5) is 42.5. The Morgan fingerprint density at radius 3 is 2.38 bits per heavy atom. The van der Waals surface area contributed by atoms with Gasteiger partial charge in [0.2, 0.25) is 17.7 Å². The number of para-hydroxylation sites is 1. The Morgan fingerprint density at radius 1 is 0.919 bits per heavy atom. The number of amides is 3. The summed E-state index contributed by atoms with van der Waals surface area (Å²) in [5.41, 5.74) is 1.27. The molecule has 0 unspecified atom stereocenters. The molecule has 3 aliphatic rings. The highest BCUT2D eigenvalue weighted by molar-refractivity contribution is 6.15. The molecule has 0 aromatic heterocycles. The minimum absolute atomic E-state index is 0.0841. The van der Waals surface area contributed by atoms with E-state index in [0.29, 0.717) is 22.6 Å². The predicted molar refractivity (Wildman–Crippen MR) is 133 cm³/mol. The van der Waals surface area contributed by atoms with Crippen molar-refractivity contribution in [1.82, 2.24) is 10.2 Å². The fourth-order valence-electron chi connectivity index (χ4n) is 6.01. The first-order chi connectivity index (χ1) is 17.8. The molecule has 0 aliphatic carbocycles. The fraction of sp³-hybridized carbons (Fsp3) is 0.250. The minimum Gasteiger partial charge on any atom is -0.504 e. The Kier molecular flexibility index (Phi) is 5.20. The molecular formula is C28H25N3O6. The zero-order valence-electron chi connectivity index (χ0n) is 20.0. The molecule has 3 aliphatic heterocycles. The van der Waals surface area contributed by atoms with E-state index >= 15 is 0 Å². The van der Waals surface area contributed by atoms with Crippen LogP contribution >= 0.6 is 0 Å². The quantitative estimate of drug-likeness (QED) is 0.313. The number of likely N-dealkylation sites (tertiary alicyclic amines) is 1. The van der Waals surface area contributed by atoms with Gasteiger partial charge in [0.05, 0.1) is 25.5 Å². The lowest BCUT2D eigenvalue weighted by Gasteiger charge is -2.29. The number of aromatic hydroxyl groups is 2. The molecule has 3 heterocycles. The number of hydrogen-bond acceptors (Lipinski definition) is 7.